The van der Waals surface area contributed by atoms with E-state index in [0.29, 0.717) is 10.9 Å². The predicted octanol–water partition coefficient (Wildman–Crippen LogP) is 4.93. The van der Waals surface area contributed by atoms with Crippen molar-refractivity contribution >= 4 is 34.2 Å². The molecule has 5 heteroatoms. The van der Waals surface area contributed by atoms with Crippen LogP contribution in [0.15, 0.2) is 12.1 Å². The molecule has 19 heavy (non-hydrogen) atoms. The third-order valence-electron chi connectivity index (χ3n) is 3.82. The number of alkyl halides is 1. The van der Waals surface area contributed by atoms with E-state index in [-0.39, 0.29) is 10.4 Å². The number of hydrogen-bond donors (Lipinski definition) is 0. The maximum atomic E-state index is 13.7. The minimum Gasteiger partial charge on any atom is -0.326 e. The zero-order valence-corrected chi connectivity index (χ0v) is 12.4. The van der Waals surface area contributed by atoms with E-state index >= 15 is 0 Å². The van der Waals surface area contributed by atoms with E-state index in [0.717, 1.165) is 17.9 Å². The average Bonchev–Trinajstić information content (AvgIpc) is 2.96. The molecule has 2 nitrogen and oxygen atoms in total. The summed E-state index contributed by atoms with van der Waals surface area (Å²) in [5.41, 5.74) is 1.78. The van der Waals surface area contributed by atoms with Gasteiger partial charge in [-0.1, -0.05) is 18.5 Å². The molecule has 0 bridgehead atoms. The van der Waals surface area contributed by atoms with Gasteiger partial charge in [-0.2, -0.15) is 0 Å². The Morgan fingerprint density at radius 2 is 2.16 bits per heavy atom. The van der Waals surface area contributed by atoms with E-state index in [9.17, 15) is 4.39 Å². The fourth-order valence-electron chi connectivity index (χ4n) is 2.36. The summed E-state index contributed by atoms with van der Waals surface area (Å²) in [6.45, 7) is 4.94. The smallest absolute Gasteiger partial charge is 0.144 e. The summed E-state index contributed by atoms with van der Waals surface area (Å²) < 4.78 is 15.7. The lowest BCUT2D eigenvalue weighted by molar-refractivity contribution is 0.460. The highest BCUT2D eigenvalue weighted by molar-refractivity contribution is 6.31. The monoisotopic (exact) mass is 300 g/mol. The first-order valence-electron chi connectivity index (χ1n) is 6.39. The van der Waals surface area contributed by atoms with Gasteiger partial charge in [0.1, 0.15) is 11.6 Å². The van der Waals surface area contributed by atoms with Crippen molar-refractivity contribution in [3.63, 3.8) is 0 Å². The van der Waals surface area contributed by atoms with Crippen molar-refractivity contribution in [3.05, 3.63) is 28.8 Å². The first-order chi connectivity index (χ1) is 8.89. The van der Waals surface area contributed by atoms with Gasteiger partial charge in [-0.05, 0) is 31.2 Å². The Hall–Kier alpha value is -0.800. The minimum absolute atomic E-state index is 0.101. The zero-order valence-electron chi connectivity index (χ0n) is 10.9. The second-order valence-corrected chi connectivity index (χ2v) is 6.80. The first kappa shape index (κ1) is 13.2. The Labute approximate surface area is 121 Å². The maximum absolute atomic E-state index is 13.7. The summed E-state index contributed by atoms with van der Waals surface area (Å²) >= 11 is 12.0. The van der Waals surface area contributed by atoms with Crippen LogP contribution in [0, 0.1) is 11.2 Å². The predicted molar refractivity (Wildman–Crippen MR) is 76.3 cm³/mol. The van der Waals surface area contributed by atoms with Crippen molar-refractivity contribution in [1.29, 1.82) is 0 Å². The quantitative estimate of drug-likeness (QED) is 0.735. The van der Waals surface area contributed by atoms with Crippen LogP contribution in [0.2, 0.25) is 5.02 Å². The molecule has 1 saturated carbocycles. The van der Waals surface area contributed by atoms with Gasteiger partial charge in [0.25, 0.3) is 0 Å². The number of fused-ring (bicyclic) bond motifs is 1. The number of benzene rings is 1. The Kier molecular flexibility index (Phi) is 3.02. The van der Waals surface area contributed by atoms with E-state index in [1.54, 1.807) is 6.07 Å². The van der Waals surface area contributed by atoms with Gasteiger partial charge in [-0.15, -0.1) is 11.6 Å². The normalized spacial score (nSPS) is 18.8. The molecule has 0 N–H and O–H groups in total. The van der Waals surface area contributed by atoms with E-state index in [1.807, 2.05) is 11.5 Å². The second-order valence-electron chi connectivity index (χ2n) is 5.74. The fraction of sp³-hybridized carbons (Fsp3) is 0.500. The summed E-state index contributed by atoms with van der Waals surface area (Å²) in [5.74, 6) is 0.372. The third kappa shape index (κ3) is 2.34. The number of hydrogen-bond acceptors (Lipinski definition) is 1. The van der Waals surface area contributed by atoms with Gasteiger partial charge < -0.3 is 4.57 Å². The van der Waals surface area contributed by atoms with Crippen LogP contribution >= 0.6 is 23.2 Å². The van der Waals surface area contributed by atoms with Gasteiger partial charge in [0.15, 0.2) is 0 Å². The molecule has 0 radical (unpaired) electrons. The summed E-state index contributed by atoms with van der Waals surface area (Å²) in [7, 11) is 0. The molecule has 1 unspecified atom stereocenters. The van der Waals surface area contributed by atoms with Crippen LogP contribution in [0.25, 0.3) is 11.0 Å². The number of nitrogens with zero attached hydrogens (tertiary/aromatic N) is 2. The molecule has 2 aromatic rings. The van der Waals surface area contributed by atoms with Crippen molar-refractivity contribution in [2.24, 2.45) is 5.41 Å². The van der Waals surface area contributed by atoms with Crippen molar-refractivity contribution in [2.75, 3.05) is 0 Å². The molecule has 0 saturated heterocycles. The summed E-state index contributed by atoms with van der Waals surface area (Å²) in [4.78, 5) is 4.51. The summed E-state index contributed by atoms with van der Waals surface area (Å²) in [6, 6.07) is 3.03. The number of rotatable bonds is 3. The van der Waals surface area contributed by atoms with Gasteiger partial charge in [0.05, 0.1) is 21.4 Å². The lowest BCUT2D eigenvalue weighted by Gasteiger charge is -2.15. The number of imidazole rings is 1. The highest BCUT2D eigenvalue weighted by atomic mass is 35.5. The fourth-order valence-corrected chi connectivity index (χ4v) is 2.69. The molecule has 0 amide bonds. The number of aromatic nitrogens is 2. The van der Waals surface area contributed by atoms with Gasteiger partial charge in [0.2, 0.25) is 0 Å². The standard InChI is InChI=1S/C14H15Cl2FN2/c1-8(15)13-18-11-5-9(16)10(17)6-12(11)19(13)7-14(2)3-4-14/h5-6,8H,3-4,7H2,1-2H3. The van der Waals surface area contributed by atoms with Gasteiger partial charge >= 0.3 is 0 Å². The molecule has 1 fully saturated rings. The molecule has 102 valence electrons. The Morgan fingerprint density at radius 1 is 1.47 bits per heavy atom. The Bertz CT molecular complexity index is 644. The molecule has 1 heterocycles. The largest absolute Gasteiger partial charge is 0.326 e. The first-order valence-corrected chi connectivity index (χ1v) is 7.20. The van der Waals surface area contributed by atoms with Crippen LogP contribution in [0.1, 0.15) is 37.9 Å². The van der Waals surface area contributed by atoms with Gasteiger partial charge in [-0.3, -0.25) is 0 Å². The van der Waals surface area contributed by atoms with Crippen molar-refractivity contribution < 1.29 is 4.39 Å². The molecular formula is C14H15Cl2FN2. The van der Waals surface area contributed by atoms with Crippen molar-refractivity contribution in [2.45, 2.75) is 38.6 Å². The van der Waals surface area contributed by atoms with Gasteiger partial charge in [-0.25, -0.2) is 9.37 Å². The molecule has 1 aliphatic rings. The SMILES string of the molecule is CC(Cl)c1nc2cc(Cl)c(F)cc2n1CC1(C)CC1. The van der Waals surface area contributed by atoms with Crippen molar-refractivity contribution in [1.82, 2.24) is 9.55 Å². The molecule has 3 rings (SSSR count). The molecule has 0 spiro atoms. The Morgan fingerprint density at radius 3 is 2.74 bits per heavy atom. The molecule has 1 aliphatic carbocycles. The summed E-state index contributed by atoms with van der Waals surface area (Å²) in [6.07, 6.45) is 2.39. The lowest BCUT2D eigenvalue weighted by atomic mass is 10.1. The van der Waals surface area contributed by atoms with E-state index in [4.69, 9.17) is 23.2 Å². The van der Waals surface area contributed by atoms with Crippen LogP contribution < -0.4 is 0 Å². The van der Waals surface area contributed by atoms with Crippen LogP contribution in [0.3, 0.4) is 0 Å². The molecule has 1 atom stereocenters. The highest BCUT2D eigenvalue weighted by Crippen LogP contribution is 2.47. The highest BCUT2D eigenvalue weighted by Gasteiger charge is 2.38. The van der Waals surface area contributed by atoms with Crippen LogP contribution in [-0.4, -0.2) is 9.55 Å². The average molecular weight is 301 g/mol. The van der Waals surface area contributed by atoms with E-state index < -0.39 is 5.82 Å². The molecule has 1 aromatic heterocycles. The van der Waals surface area contributed by atoms with Gasteiger partial charge in [0, 0.05) is 12.6 Å². The third-order valence-corrected chi connectivity index (χ3v) is 4.30. The zero-order chi connectivity index (χ0) is 13.8. The number of halogens is 3. The summed E-state index contributed by atoms with van der Waals surface area (Å²) in [5, 5.41) is -0.111. The van der Waals surface area contributed by atoms with E-state index in [2.05, 4.69) is 11.9 Å². The Balaban J connectivity index is 2.19. The van der Waals surface area contributed by atoms with Crippen LogP contribution in [-0.2, 0) is 6.54 Å². The molecule has 0 aliphatic heterocycles. The van der Waals surface area contributed by atoms with Crippen molar-refractivity contribution in [3.8, 4) is 0 Å². The second kappa shape index (κ2) is 4.35. The maximum Gasteiger partial charge on any atom is 0.144 e. The molecule has 1 aromatic carbocycles. The lowest BCUT2D eigenvalue weighted by Crippen LogP contribution is -2.11. The van der Waals surface area contributed by atoms with Crippen LogP contribution in [0.4, 0.5) is 4.39 Å². The van der Waals surface area contributed by atoms with Crippen LogP contribution in [0.5, 0.6) is 0 Å². The molecular weight excluding hydrogens is 286 g/mol. The minimum atomic E-state index is -0.412. The topological polar surface area (TPSA) is 17.8 Å². The van der Waals surface area contributed by atoms with E-state index in [1.165, 1.54) is 18.9 Å².